The highest BCUT2D eigenvalue weighted by molar-refractivity contribution is 9.10. The number of carbonyl (C=O) groups is 1. The van der Waals surface area contributed by atoms with Crippen LogP contribution in [0, 0.1) is 0 Å². The van der Waals surface area contributed by atoms with Crippen LogP contribution >= 0.6 is 15.9 Å². The maximum atomic E-state index is 11.7. The number of aliphatic carboxylic acids is 1. The van der Waals surface area contributed by atoms with E-state index in [0.717, 1.165) is 4.47 Å². The standard InChI is InChI=1S/C15H14BrNO3/c1-15(14(19)20,10-5-4-6-11(18)9-10)17-13-8-3-2-7-12(13)16/h2-9,17-18H,1H3,(H,19,20). The van der Waals surface area contributed by atoms with Crippen LogP contribution in [0.3, 0.4) is 0 Å². The van der Waals surface area contributed by atoms with Gasteiger partial charge in [-0.1, -0.05) is 24.3 Å². The number of anilines is 1. The van der Waals surface area contributed by atoms with Gasteiger partial charge < -0.3 is 15.5 Å². The zero-order chi connectivity index (χ0) is 14.8. The predicted molar refractivity (Wildman–Crippen MR) is 80.9 cm³/mol. The lowest BCUT2D eigenvalue weighted by Crippen LogP contribution is -2.40. The molecule has 104 valence electrons. The highest BCUT2D eigenvalue weighted by atomic mass is 79.9. The van der Waals surface area contributed by atoms with E-state index in [1.54, 1.807) is 25.1 Å². The number of phenols is 1. The molecule has 0 aromatic heterocycles. The molecular formula is C15H14BrNO3. The van der Waals surface area contributed by atoms with Gasteiger partial charge >= 0.3 is 5.97 Å². The number of carboxylic acids is 1. The molecule has 1 unspecified atom stereocenters. The molecule has 5 heteroatoms. The van der Waals surface area contributed by atoms with Crippen molar-refractivity contribution in [1.29, 1.82) is 0 Å². The summed E-state index contributed by atoms with van der Waals surface area (Å²) in [6.07, 6.45) is 0. The normalized spacial score (nSPS) is 13.5. The summed E-state index contributed by atoms with van der Waals surface area (Å²) < 4.78 is 0.771. The van der Waals surface area contributed by atoms with Crippen molar-refractivity contribution in [3.8, 4) is 5.75 Å². The highest BCUT2D eigenvalue weighted by Crippen LogP contribution is 2.32. The van der Waals surface area contributed by atoms with Crippen LogP contribution in [-0.4, -0.2) is 16.2 Å². The highest BCUT2D eigenvalue weighted by Gasteiger charge is 2.35. The topological polar surface area (TPSA) is 69.6 Å². The molecule has 0 bridgehead atoms. The Morgan fingerprint density at radius 1 is 1.20 bits per heavy atom. The summed E-state index contributed by atoms with van der Waals surface area (Å²) in [5, 5.41) is 22.1. The second kappa shape index (κ2) is 5.54. The molecule has 0 saturated heterocycles. The average molecular weight is 336 g/mol. The van der Waals surface area contributed by atoms with E-state index in [4.69, 9.17) is 0 Å². The first-order valence-electron chi connectivity index (χ1n) is 5.99. The molecule has 0 heterocycles. The van der Waals surface area contributed by atoms with Gasteiger partial charge in [0.25, 0.3) is 0 Å². The maximum absolute atomic E-state index is 11.7. The Morgan fingerprint density at radius 3 is 2.50 bits per heavy atom. The monoisotopic (exact) mass is 335 g/mol. The van der Waals surface area contributed by atoms with Gasteiger partial charge in [-0.25, -0.2) is 4.79 Å². The fraction of sp³-hybridized carbons (Fsp3) is 0.133. The average Bonchev–Trinajstić information content (AvgIpc) is 2.41. The van der Waals surface area contributed by atoms with Crippen LogP contribution in [0.2, 0.25) is 0 Å². The summed E-state index contributed by atoms with van der Waals surface area (Å²) in [5.41, 5.74) is -0.204. The molecule has 0 fully saturated rings. The van der Waals surface area contributed by atoms with E-state index in [2.05, 4.69) is 21.2 Å². The zero-order valence-corrected chi connectivity index (χ0v) is 12.4. The third-order valence-electron chi connectivity index (χ3n) is 3.11. The van der Waals surface area contributed by atoms with Crippen molar-refractivity contribution in [1.82, 2.24) is 0 Å². The Morgan fingerprint density at radius 2 is 1.90 bits per heavy atom. The second-order valence-electron chi connectivity index (χ2n) is 4.59. The van der Waals surface area contributed by atoms with Gasteiger partial charge in [0.15, 0.2) is 5.54 Å². The van der Waals surface area contributed by atoms with Gasteiger partial charge in [0.2, 0.25) is 0 Å². The summed E-state index contributed by atoms with van der Waals surface area (Å²) in [6, 6.07) is 13.5. The molecule has 2 aromatic carbocycles. The minimum atomic E-state index is -1.34. The van der Waals surface area contributed by atoms with Gasteiger partial charge in [0, 0.05) is 10.2 Å². The van der Waals surface area contributed by atoms with E-state index in [1.807, 2.05) is 18.2 Å². The number of benzene rings is 2. The summed E-state index contributed by atoms with van der Waals surface area (Å²) >= 11 is 3.38. The number of phenolic OH excluding ortho intramolecular Hbond substituents is 1. The Bertz CT molecular complexity index is 645. The van der Waals surface area contributed by atoms with E-state index >= 15 is 0 Å². The smallest absolute Gasteiger partial charge is 0.333 e. The number of aromatic hydroxyl groups is 1. The molecule has 2 rings (SSSR count). The van der Waals surface area contributed by atoms with Gasteiger partial charge in [-0.15, -0.1) is 0 Å². The number of para-hydroxylation sites is 1. The van der Waals surface area contributed by atoms with E-state index in [0.29, 0.717) is 11.3 Å². The molecule has 4 nitrogen and oxygen atoms in total. The van der Waals surface area contributed by atoms with Crippen molar-refractivity contribution < 1.29 is 15.0 Å². The molecular weight excluding hydrogens is 322 g/mol. The Labute approximate surface area is 125 Å². The van der Waals surface area contributed by atoms with Crippen LogP contribution in [0.25, 0.3) is 0 Å². The molecule has 0 amide bonds. The lowest BCUT2D eigenvalue weighted by molar-refractivity contribution is -0.142. The molecule has 0 aliphatic carbocycles. The molecule has 0 spiro atoms. The first-order valence-corrected chi connectivity index (χ1v) is 6.78. The van der Waals surface area contributed by atoms with Crippen LogP contribution in [0.4, 0.5) is 5.69 Å². The molecule has 2 aromatic rings. The maximum Gasteiger partial charge on any atom is 0.333 e. The zero-order valence-electron chi connectivity index (χ0n) is 10.8. The molecule has 0 aliphatic rings. The number of halogens is 1. The summed E-state index contributed by atoms with van der Waals surface area (Å²) in [6.45, 7) is 1.56. The molecule has 3 N–H and O–H groups in total. The first kappa shape index (κ1) is 14.4. The lowest BCUT2D eigenvalue weighted by atomic mass is 9.91. The van der Waals surface area contributed by atoms with Gasteiger partial charge in [-0.3, -0.25) is 0 Å². The number of hydrogen-bond donors (Lipinski definition) is 3. The summed E-state index contributed by atoms with van der Waals surface area (Å²) in [4.78, 5) is 11.7. The number of carboxylic acid groups (broad SMARTS) is 1. The van der Waals surface area contributed by atoms with E-state index in [1.165, 1.54) is 12.1 Å². The third-order valence-corrected chi connectivity index (χ3v) is 3.80. The van der Waals surface area contributed by atoms with Crippen molar-refractivity contribution in [3.63, 3.8) is 0 Å². The van der Waals surface area contributed by atoms with E-state index in [9.17, 15) is 15.0 Å². The van der Waals surface area contributed by atoms with Crippen molar-refractivity contribution in [2.24, 2.45) is 0 Å². The van der Waals surface area contributed by atoms with Crippen molar-refractivity contribution >= 4 is 27.6 Å². The fourth-order valence-electron chi connectivity index (χ4n) is 1.90. The minimum absolute atomic E-state index is 0.0314. The third kappa shape index (κ3) is 2.77. The number of nitrogens with one attached hydrogen (secondary N) is 1. The summed E-state index contributed by atoms with van der Waals surface area (Å²) in [7, 11) is 0. The Hall–Kier alpha value is -2.01. The van der Waals surface area contributed by atoms with Gasteiger partial charge in [-0.05, 0) is 52.7 Å². The molecule has 0 aliphatic heterocycles. The Kier molecular flexibility index (Phi) is 3.99. The molecule has 0 radical (unpaired) electrons. The first-order chi connectivity index (χ1) is 9.43. The Balaban J connectivity index is 2.46. The molecule has 1 atom stereocenters. The summed E-state index contributed by atoms with van der Waals surface area (Å²) in [5.74, 6) is -0.997. The van der Waals surface area contributed by atoms with Crippen molar-refractivity contribution in [3.05, 3.63) is 58.6 Å². The van der Waals surface area contributed by atoms with Crippen LogP contribution in [-0.2, 0) is 10.3 Å². The van der Waals surface area contributed by atoms with E-state index in [-0.39, 0.29) is 5.75 Å². The number of rotatable bonds is 4. The predicted octanol–water partition coefficient (Wildman–Crippen LogP) is 3.57. The van der Waals surface area contributed by atoms with Crippen LogP contribution in [0.15, 0.2) is 53.0 Å². The number of hydrogen-bond acceptors (Lipinski definition) is 3. The van der Waals surface area contributed by atoms with Crippen molar-refractivity contribution in [2.45, 2.75) is 12.5 Å². The van der Waals surface area contributed by atoms with Crippen LogP contribution in [0.1, 0.15) is 12.5 Å². The van der Waals surface area contributed by atoms with Gasteiger partial charge in [0.1, 0.15) is 5.75 Å². The van der Waals surface area contributed by atoms with Crippen LogP contribution < -0.4 is 5.32 Å². The van der Waals surface area contributed by atoms with Gasteiger partial charge in [-0.2, -0.15) is 0 Å². The van der Waals surface area contributed by atoms with Gasteiger partial charge in [0.05, 0.1) is 0 Å². The SMILES string of the molecule is CC(Nc1ccccc1Br)(C(=O)O)c1cccc(O)c1. The largest absolute Gasteiger partial charge is 0.508 e. The molecule has 20 heavy (non-hydrogen) atoms. The lowest BCUT2D eigenvalue weighted by Gasteiger charge is -2.28. The molecule has 0 saturated carbocycles. The minimum Gasteiger partial charge on any atom is -0.508 e. The fourth-order valence-corrected chi connectivity index (χ4v) is 2.28. The quantitative estimate of drug-likeness (QED) is 0.798. The van der Waals surface area contributed by atoms with Crippen molar-refractivity contribution in [2.75, 3.05) is 5.32 Å². The van der Waals surface area contributed by atoms with Crippen LogP contribution in [0.5, 0.6) is 5.75 Å². The second-order valence-corrected chi connectivity index (χ2v) is 5.44. The van der Waals surface area contributed by atoms with E-state index < -0.39 is 11.5 Å².